The van der Waals surface area contributed by atoms with E-state index in [-0.39, 0.29) is 0 Å². The van der Waals surface area contributed by atoms with Gasteiger partial charge in [-0.3, -0.25) is 9.89 Å². The Balaban J connectivity index is 1.51. The summed E-state index contributed by atoms with van der Waals surface area (Å²) in [5, 5.41) is 3.45. The van der Waals surface area contributed by atoms with Gasteiger partial charge in [-0.15, -0.1) is 0 Å². The second-order valence-corrected chi connectivity index (χ2v) is 9.82. The van der Waals surface area contributed by atoms with Crippen LogP contribution in [0.5, 0.6) is 0 Å². The lowest BCUT2D eigenvalue weighted by Gasteiger charge is -2.32. The minimum atomic E-state index is -3.06. The lowest BCUT2D eigenvalue weighted by molar-refractivity contribution is 0.0195. The molecule has 0 saturated carbocycles. The van der Waals surface area contributed by atoms with Gasteiger partial charge in [-0.1, -0.05) is 0 Å². The van der Waals surface area contributed by atoms with Crippen molar-refractivity contribution >= 4 is 16.0 Å². The summed E-state index contributed by atoms with van der Waals surface area (Å²) >= 11 is 0. The van der Waals surface area contributed by atoms with E-state index in [9.17, 15) is 8.42 Å². The molecule has 0 bridgehead atoms. The van der Waals surface area contributed by atoms with Crippen molar-refractivity contribution in [2.24, 2.45) is 10.9 Å². The lowest BCUT2D eigenvalue weighted by atomic mass is 9.98. The Bertz CT molecular complexity index is 598. The van der Waals surface area contributed by atoms with Gasteiger partial charge >= 0.3 is 0 Å². The van der Waals surface area contributed by atoms with Crippen LogP contribution >= 0.6 is 0 Å². The van der Waals surface area contributed by atoms with E-state index in [0.29, 0.717) is 25.0 Å². The van der Waals surface area contributed by atoms with E-state index in [0.717, 1.165) is 71.3 Å². The molecule has 3 aliphatic rings. The largest absolute Gasteiger partial charge is 0.379 e. The molecule has 0 aliphatic carbocycles. The molecule has 3 rings (SSSR count). The van der Waals surface area contributed by atoms with Crippen LogP contribution < -0.4 is 5.32 Å². The molecule has 27 heavy (non-hydrogen) atoms. The molecule has 0 aromatic heterocycles. The van der Waals surface area contributed by atoms with E-state index in [1.165, 1.54) is 12.7 Å². The number of morpholine rings is 1. The van der Waals surface area contributed by atoms with E-state index in [1.54, 1.807) is 4.31 Å². The zero-order valence-corrected chi connectivity index (χ0v) is 17.6. The van der Waals surface area contributed by atoms with Crippen LogP contribution in [0.25, 0.3) is 0 Å². The quantitative estimate of drug-likeness (QED) is 0.517. The van der Waals surface area contributed by atoms with E-state index < -0.39 is 10.0 Å². The van der Waals surface area contributed by atoms with E-state index in [4.69, 9.17) is 9.73 Å². The first-order valence-electron chi connectivity index (χ1n) is 10.3. The van der Waals surface area contributed by atoms with Crippen molar-refractivity contribution in [2.45, 2.75) is 32.2 Å². The molecule has 3 aliphatic heterocycles. The maximum Gasteiger partial charge on any atom is 0.211 e. The van der Waals surface area contributed by atoms with Crippen LogP contribution in [0, 0.1) is 5.92 Å². The number of hydrogen-bond donors (Lipinski definition) is 1. The Hall–Kier alpha value is -0.900. The zero-order chi connectivity index (χ0) is 19.3. The molecule has 156 valence electrons. The van der Waals surface area contributed by atoms with Gasteiger partial charge in [0.1, 0.15) is 0 Å². The summed E-state index contributed by atoms with van der Waals surface area (Å²) in [5.74, 6) is 1.48. The molecule has 0 aromatic carbocycles. The highest BCUT2D eigenvalue weighted by atomic mass is 32.2. The molecule has 0 spiro atoms. The number of nitrogens with one attached hydrogen (secondary N) is 1. The Morgan fingerprint density at radius 1 is 1.11 bits per heavy atom. The molecule has 1 atom stereocenters. The standard InChI is InChI=1S/C18H35N5O3S/c1-3-19-18(20-14-16-4-8-23(9-5-16)27(2,24)25)22-7-6-17(15-22)21-10-12-26-13-11-21/h16-17H,3-15H2,1-2H3,(H,19,20). The molecule has 8 nitrogen and oxygen atoms in total. The second-order valence-electron chi connectivity index (χ2n) is 7.84. The molecule has 3 heterocycles. The van der Waals surface area contributed by atoms with Crippen molar-refractivity contribution in [3.8, 4) is 0 Å². The fourth-order valence-electron chi connectivity index (χ4n) is 4.24. The smallest absolute Gasteiger partial charge is 0.211 e. The highest BCUT2D eigenvalue weighted by Crippen LogP contribution is 2.20. The molecule has 3 fully saturated rings. The fourth-order valence-corrected chi connectivity index (χ4v) is 5.11. The molecule has 1 N–H and O–H groups in total. The molecule has 0 aromatic rings. The molecule has 1 unspecified atom stereocenters. The first kappa shape index (κ1) is 20.8. The van der Waals surface area contributed by atoms with E-state index in [2.05, 4.69) is 22.0 Å². The predicted octanol–water partition coefficient (Wildman–Crippen LogP) is 0.0300. The third kappa shape index (κ3) is 5.79. The van der Waals surface area contributed by atoms with Crippen molar-refractivity contribution in [1.82, 2.24) is 19.4 Å². The van der Waals surface area contributed by atoms with Crippen molar-refractivity contribution < 1.29 is 13.2 Å². The Labute approximate surface area is 164 Å². The van der Waals surface area contributed by atoms with Crippen molar-refractivity contribution in [3.63, 3.8) is 0 Å². The average molecular weight is 402 g/mol. The second kappa shape index (κ2) is 9.54. The van der Waals surface area contributed by atoms with Crippen LogP contribution in [0.2, 0.25) is 0 Å². The Morgan fingerprint density at radius 3 is 2.44 bits per heavy atom. The van der Waals surface area contributed by atoms with Crippen LogP contribution in [-0.4, -0.2) is 106 Å². The lowest BCUT2D eigenvalue weighted by Crippen LogP contribution is -2.47. The molecule has 0 radical (unpaired) electrons. The summed E-state index contributed by atoms with van der Waals surface area (Å²) in [5.41, 5.74) is 0. The van der Waals surface area contributed by atoms with Gasteiger partial charge in [0.2, 0.25) is 10.0 Å². The van der Waals surface area contributed by atoms with Gasteiger partial charge in [-0.2, -0.15) is 0 Å². The van der Waals surface area contributed by atoms with Gasteiger partial charge in [-0.05, 0) is 32.1 Å². The number of likely N-dealkylation sites (tertiary alicyclic amines) is 1. The van der Waals surface area contributed by atoms with Crippen LogP contribution in [0.1, 0.15) is 26.2 Å². The van der Waals surface area contributed by atoms with Crippen LogP contribution in [0.4, 0.5) is 0 Å². The zero-order valence-electron chi connectivity index (χ0n) is 16.8. The fraction of sp³-hybridized carbons (Fsp3) is 0.944. The average Bonchev–Trinajstić information content (AvgIpc) is 3.15. The molecular formula is C18H35N5O3S. The molecule has 9 heteroatoms. The summed E-state index contributed by atoms with van der Waals surface area (Å²) in [6.45, 7) is 10.8. The number of sulfonamides is 1. The van der Waals surface area contributed by atoms with Gasteiger partial charge < -0.3 is 15.0 Å². The Kier molecular flexibility index (Phi) is 7.35. The first-order valence-corrected chi connectivity index (χ1v) is 12.1. The number of nitrogens with zero attached hydrogens (tertiary/aromatic N) is 4. The predicted molar refractivity (Wildman–Crippen MR) is 107 cm³/mol. The van der Waals surface area contributed by atoms with Crippen LogP contribution in [-0.2, 0) is 14.8 Å². The SMILES string of the molecule is CCNC(=NCC1CCN(S(C)(=O)=O)CC1)N1CCC(N2CCOCC2)C1. The maximum atomic E-state index is 11.6. The topological polar surface area (TPSA) is 77.5 Å². The number of piperidine rings is 1. The van der Waals surface area contributed by atoms with Gasteiger partial charge in [0.05, 0.1) is 19.5 Å². The number of ether oxygens (including phenoxy) is 1. The van der Waals surface area contributed by atoms with E-state index >= 15 is 0 Å². The normalized spacial score (nSPS) is 27.3. The van der Waals surface area contributed by atoms with Crippen molar-refractivity contribution in [1.29, 1.82) is 0 Å². The van der Waals surface area contributed by atoms with Crippen LogP contribution in [0.3, 0.4) is 0 Å². The number of aliphatic imine (C=N–C) groups is 1. The van der Waals surface area contributed by atoms with Gasteiger partial charge in [0.25, 0.3) is 0 Å². The van der Waals surface area contributed by atoms with Gasteiger partial charge in [-0.25, -0.2) is 12.7 Å². The summed E-state index contributed by atoms with van der Waals surface area (Å²) in [7, 11) is -3.06. The number of hydrogen-bond acceptors (Lipinski definition) is 5. The minimum absolute atomic E-state index is 0.467. The number of guanidine groups is 1. The first-order chi connectivity index (χ1) is 13.0. The van der Waals surface area contributed by atoms with E-state index in [1.807, 2.05) is 0 Å². The molecule has 3 saturated heterocycles. The summed E-state index contributed by atoms with van der Waals surface area (Å²) < 4.78 is 30.4. The highest BCUT2D eigenvalue weighted by molar-refractivity contribution is 7.88. The molecule has 0 amide bonds. The highest BCUT2D eigenvalue weighted by Gasteiger charge is 2.30. The Morgan fingerprint density at radius 2 is 1.81 bits per heavy atom. The number of rotatable bonds is 5. The third-order valence-corrected chi connectivity index (χ3v) is 7.20. The van der Waals surface area contributed by atoms with Crippen molar-refractivity contribution in [3.05, 3.63) is 0 Å². The van der Waals surface area contributed by atoms with Gasteiger partial charge in [0, 0.05) is 58.4 Å². The minimum Gasteiger partial charge on any atom is -0.379 e. The summed E-state index contributed by atoms with van der Waals surface area (Å²) in [6.07, 6.45) is 4.27. The van der Waals surface area contributed by atoms with Gasteiger partial charge in [0.15, 0.2) is 5.96 Å². The third-order valence-electron chi connectivity index (χ3n) is 5.90. The summed E-state index contributed by atoms with van der Waals surface area (Å²) in [4.78, 5) is 9.84. The summed E-state index contributed by atoms with van der Waals surface area (Å²) in [6, 6.07) is 0.593. The molecular weight excluding hydrogens is 366 g/mol. The maximum absolute atomic E-state index is 11.6. The van der Waals surface area contributed by atoms with Crippen LogP contribution in [0.15, 0.2) is 4.99 Å². The van der Waals surface area contributed by atoms with Crippen molar-refractivity contribution in [2.75, 3.05) is 71.8 Å². The monoisotopic (exact) mass is 401 g/mol.